The van der Waals surface area contributed by atoms with Gasteiger partial charge in [-0.15, -0.1) is 0 Å². The summed E-state index contributed by atoms with van der Waals surface area (Å²) >= 11 is 7.59. The molecule has 148 valence electrons. The number of imidazole rings is 1. The molecular weight excluding hydrogens is 416 g/mol. The Morgan fingerprint density at radius 3 is 2.83 bits per heavy atom. The molecule has 0 radical (unpaired) electrons. The largest absolute Gasteiger partial charge is 0.488 e. The minimum Gasteiger partial charge on any atom is -0.488 e. The molecule has 0 saturated carbocycles. The summed E-state index contributed by atoms with van der Waals surface area (Å²) in [4.78, 5) is 18.3. The fraction of sp³-hybridized carbons (Fsp3) is 0.0833. The molecule has 0 aliphatic heterocycles. The first-order valence-corrected chi connectivity index (χ1v) is 10.7. The first kappa shape index (κ1) is 18.9. The van der Waals surface area contributed by atoms with Crippen LogP contribution in [0.5, 0.6) is 5.75 Å². The normalized spacial score (nSPS) is 12.1. The first-order valence-electron chi connectivity index (χ1n) is 9.48. The van der Waals surface area contributed by atoms with E-state index in [1.54, 1.807) is 10.5 Å². The van der Waals surface area contributed by atoms with Gasteiger partial charge in [0.05, 0.1) is 15.6 Å². The summed E-state index contributed by atoms with van der Waals surface area (Å²) in [6.07, 6.45) is 1.83. The zero-order valence-electron chi connectivity index (χ0n) is 16.1. The van der Waals surface area contributed by atoms with Gasteiger partial charge in [-0.25, -0.2) is 9.38 Å². The van der Waals surface area contributed by atoms with Crippen molar-refractivity contribution in [3.8, 4) is 5.75 Å². The average Bonchev–Trinajstić information content (AvgIpc) is 3.24. The number of ether oxygens (including phenoxy) is 1. The molecule has 0 amide bonds. The Balaban J connectivity index is 1.57. The van der Waals surface area contributed by atoms with Gasteiger partial charge < -0.3 is 4.74 Å². The van der Waals surface area contributed by atoms with E-state index in [-0.39, 0.29) is 5.56 Å². The molecule has 6 heteroatoms. The Labute approximate surface area is 181 Å². The third-order valence-corrected chi connectivity index (χ3v) is 6.08. The fourth-order valence-electron chi connectivity index (χ4n) is 3.48. The minimum atomic E-state index is -0.0895. The Kier molecular flexibility index (Phi) is 4.77. The number of hydrogen-bond donors (Lipinski definition) is 0. The van der Waals surface area contributed by atoms with Crippen molar-refractivity contribution in [2.45, 2.75) is 13.5 Å². The quantitative estimate of drug-likeness (QED) is 0.401. The zero-order chi connectivity index (χ0) is 20.7. The molecule has 0 atom stereocenters. The maximum absolute atomic E-state index is 13.0. The Bertz CT molecular complexity index is 1500. The molecule has 0 aliphatic rings. The molecule has 2 heterocycles. The second-order valence-electron chi connectivity index (χ2n) is 7.09. The van der Waals surface area contributed by atoms with Gasteiger partial charge in [0.25, 0.3) is 5.56 Å². The van der Waals surface area contributed by atoms with Crippen LogP contribution >= 0.6 is 22.9 Å². The van der Waals surface area contributed by atoms with Crippen molar-refractivity contribution in [3.05, 3.63) is 103 Å². The zero-order valence-corrected chi connectivity index (χ0v) is 17.7. The van der Waals surface area contributed by atoms with Crippen LogP contribution in [0.4, 0.5) is 0 Å². The van der Waals surface area contributed by atoms with Gasteiger partial charge in [0.1, 0.15) is 12.4 Å². The summed E-state index contributed by atoms with van der Waals surface area (Å²) in [6.45, 7) is 2.49. The first-order chi connectivity index (χ1) is 14.6. The Morgan fingerprint density at radius 1 is 1.10 bits per heavy atom. The van der Waals surface area contributed by atoms with Gasteiger partial charge in [-0.3, -0.25) is 4.79 Å². The molecule has 0 aliphatic carbocycles. The van der Waals surface area contributed by atoms with Crippen LogP contribution in [0.15, 0.2) is 71.5 Å². The van der Waals surface area contributed by atoms with Gasteiger partial charge in [0.2, 0.25) is 0 Å². The predicted octanol–water partition coefficient (Wildman–Crippen LogP) is 5.00. The van der Waals surface area contributed by atoms with Gasteiger partial charge in [-0.2, -0.15) is 0 Å². The molecule has 3 aromatic carbocycles. The van der Waals surface area contributed by atoms with Gasteiger partial charge in [-0.05, 0) is 48.9 Å². The van der Waals surface area contributed by atoms with Crippen molar-refractivity contribution in [1.82, 2.24) is 9.38 Å². The summed E-state index contributed by atoms with van der Waals surface area (Å²) in [7, 11) is 0. The smallest absolute Gasteiger partial charge is 0.274 e. The molecule has 5 rings (SSSR count). The molecule has 30 heavy (non-hydrogen) atoms. The van der Waals surface area contributed by atoms with E-state index in [2.05, 4.69) is 24.0 Å². The fourth-order valence-corrected chi connectivity index (χ4v) is 4.64. The van der Waals surface area contributed by atoms with Crippen molar-refractivity contribution < 1.29 is 4.74 Å². The van der Waals surface area contributed by atoms with Crippen LogP contribution < -0.4 is 14.8 Å². The summed E-state index contributed by atoms with van der Waals surface area (Å²) in [5.41, 5.74) is 4.58. The van der Waals surface area contributed by atoms with Crippen molar-refractivity contribution in [2.24, 2.45) is 0 Å². The summed E-state index contributed by atoms with van der Waals surface area (Å²) < 4.78 is 8.31. The number of rotatable bonds is 4. The summed E-state index contributed by atoms with van der Waals surface area (Å²) in [5, 5.41) is 0.586. The second-order valence-corrected chi connectivity index (χ2v) is 8.54. The van der Waals surface area contributed by atoms with Crippen molar-refractivity contribution in [3.63, 3.8) is 0 Å². The van der Waals surface area contributed by atoms with E-state index in [0.717, 1.165) is 22.2 Å². The van der Waals surface area contributed by atoms with Gasteiger partial charge in [0, 0.05) is 10.6 Å². The molecule has 0 spiro atoms. The van der Waals surface area contributed by atoms with E-state index < -0.39 is 0 Å². The van der Waals surface area contributed by atoms with Gasteiger partial charge in [0.15, 0.2) is 4.96 Å². The van der Waals surface area contributed by atoms with Crippen molar-refractivity contribution in [1.29, 1.82) is 0 Å². The average molecular weight is 433 g/mol. The SMILES string of the molecule is Cc1cccc(COc2ccc(Cl)cc2/C=c2\sc3nc4ccccc4n3c2=O)c1. The molecule has 0 N–H and O–H groups in total. The highest BCUT2D eigenvalue weighted by atomic mass is 35.5. The van der Waals surface area contributed by atoms with E-state index in [9.17, 15) is 4.79 Å². The molecule has 0 fully saturated rings. The lowest BCUT2D eigenvalue weighted by Gasteiger charge is -2.10. The molecule has 5 aromatic rings. The molecule has 4 nitrogen and oxygen atoms in total. The van der Waals surface area contributed by atoms with Crippen LogP contribution in [0.2, 0.25) is 5.02 Å². The number of para-hydroxylation sites is 2. The summed E-state index contributed by atoms with van der Waals surface area (Å²) in [5.74, 6) is 0.677. The standard InChI is InChI=1S/C24H17ClN2O2S/c1-15-5-4-6-16(11-15)14-29-21-10-9-18(25)12-17(21)13-22-23(28)27-20-8-3-2-7-19(20)26-24(27)30-22/h2-13H,14H2,1H3/b22-13-. The Morgan fingerprint density at radius 2 is 1.97 bits per heavy atom. The maximum Gasteiger partial charge on any atom is 0.274 e. The number of fused-ring (bicyclic) bond motifs is 3. The van der Waals surface area contributed by atoms with Crippen molar-refractivity contribution in [2.75, 3.05) is 0 Å². The number of nitrogens with zero attached hydrogens (tertiary/aromatic N) is 2. The summed E-state index contributed by atoms with van der Waals surface area (Å²) in [6, 6.07) is 21.3. The third kappa shape index (κ3) is 3.47. The maximum atomic E-state index is 13.0. The predicted molar refractivity (Wildman–Crippen MR) is 123 cm³/mol. The monoisotopic (exact) mass is 432 g/mol. The second kappa shape index (κ2) is 7.59. The Hall–Kier alpha value is -3.15. The third-order valence-electron chi connectivity index (χ3n) is 4.88. The molecule has 0 bridgehead atoms. The number of thiazole rings is 1. The number of aryl methyl sites for hydroxylation is 1. The molecule has 2 aromatic heterocycles. The number of aromatic nitrogens is 2. The number of benzene rings is 3. The topological polar surface area (TPSA) is 43.6 Å². The number of halogens is 1. The lowest BCUT2D eigenvalue weighted by Crippen LogP contribution is -2.22. The van der Waals surface area contributed by atoms with E-state index in [1.807, 2.05) is 54.6 Å². The van der Waals surface area contributed by atoms with Crippen LogP contribution in [0, 0.1) is 6.92 Å². The number of hydrogen-bond acceptors (Lipinski definition) is 4. The van der Waals surface area contributed by atoms with E-state index >= 15 is 0 Å². The van der Waals surface area contributed by atoms with Crippen LogP contribution in [0.25, 0.3) is 22.1 Å². The molecular formula is C24H17ClN2O2S. The lowest BCUT2D eigenvalue weighted by atomic mass is 10.1. The van der Waals surface area contributed by atoms with Crippen LogP contribution in [-0.2, 0) is 6.61 Å². The highest BCUT2D eigenvalue weighted by molar-refractivity contribution is 7.15. The molecule has 0 unspecified atom stereocenters. The van der Waals surface area contributed by atoms with E-state index in [1.165, 1.54) is 16.9 Å². The van der Waals surface area contributed by atoms with Crippen LogP contribution in [0.3, 0.4) is 0 Å². The lowest BCUT2D eigenvalue weighted by molar-refractivity contribution is 0.305. The van der Waals surface area contributed by atoms with Crippen LogP contribution in [-0.4, -0.2) is 9.38 Å². The minimum absolute atomic E-state index is 0.0895. The van der Waals surface area contributed by atoms with E-state index in [4.69, 9.17) is 16.3 Å². The highest BCUT2D eigenvalue weighted by Gasteiger charge is 2.11. The van der Waals surface area contributed by atoms with E-state index in [0.29, 0.717) is 26.9 Å². The highest BCUT2D eigenvalue weighted by Crippen LogP contribution is 2.25. The van der Waals surface area contributed by atoms with Gasteiger partial charge in [-0.1, -0.05) is 64.9 Å². The van der Waals surface area contributed by atoms with Crippen molar-refractivity contribution >= 4 is 45.0 Å². The molecule has 0 saturated heterocycles. The van der Waals surface area contributed by atoms with Gasteiger partial charge >= 0.3 is 0 Å². The van der Waals surface area contributed by atoms with Crippen LogP contribution in [0.1, 0.15) is 16.7 Å².